The summed E-state index contributed by atoms with van der Waals surface area (Å²) in [6.07, 6.45) is 4.37. The van der Waals surface area contributed by atoms with Crippen molar-refractivity contribution in [1.29, 1.82) is 0 Å². The summed E-state index contributed by atoms with van der Waals surface area (Å²) < 4.78 is 4.64. The first-order valence-corrected chi connectivity index (χ1v) is 3.19. The number of ether oxygens (including phenoxy) is 1. The Balaban J connectivity index is 2.68. The molecule has 0 aliphatic rings. The Kier molecular flexibility index (Phi) is 2.54. The zero-order chi connectivity index (χ0) is 8.10. The van der Waals surface area contributed by atoms with Crippen LogP contribution in [-0.2, 0) is 9.53 Å². The average Bonchev–Trinajstić information content (AvgIpc) is 2.07. The van der Waals surface area contributed by atoms with E-state index in [0.717, 1.165) is 0 Å². The van der Waals surface area contributed by atoms with E-state index in [1.807, 2.05) is 0 Å². The second-order valence-corrected chi connectivity index (χ2v) is 2.00. The average molecular weight is 152 g/mol. The van der Waals surface area contributed by atoms with Crippen molar-refractivity contribution in [3.63, 3.8) is 0 Å². The van der Waals surface area contributed by atoms with Crippen LogP contribution in [0.5, 0.6) is 0 Å². The summed E-state index contributed by atoms with van der Waals surface area (Å²) in [5.41, 5.74) is 0.652. The number of hydrogen-bond acceptors (Lipinski definition) is 4. The number of carbonyl (C=O) groups excluding carboxylic acids is 1. The van der Waals surface area contributed by atoms with E-state index in [4.69, 9.17) is 0 Å². The fourth-order valence-electron chi connectivity index (χ4n) is 0.674. The lowest BCUT2D eigenvalue weighted by molar-refractivity contribution is -0.133. The summed E-state index contributed by atoms with van der Waals surface area (Å²) in [5.74, 6) is 0. The minimum absolute atomic E-state index is 0.318. The van der Waals surface area contributed by atoms with E-state index in [2.05, 4.69) is 14.7 Å². The van der Waals surface area contributed by atoms with Gasteiger partial charge in [0.2, 0.25) is 0 Å². The second kappa shape index (κ2) is 3.65. The zero-order valence-electron chi connectivity index (χ0n) is 6.10. The van der Waals surface area contributed by atoms with Gasteiger partial charge >= 0.3 is 0 Å². The highest BCUT2D eigenvalue weighted by molar-refractivity contribution is 5.37. The summed E-state index contributed by atoms with van der Waals surface area (Å²) in [6.45, 7) is 2.14. The van der Waals surface area contributed by atoms with Crippen molar-refractivity contribution in [3.8, 4) is 0 Å². The Morgan fingerprint density at radius 1 is 1.64 bits per heavy atom. The summed E-state index contributed by atoms with van der Waals surface area (Å²) in [5, 5.41) is 0. The predicted molar refractivity (Wildman–Crippen MR) is 37.6 cm³/mol. The quantitative estimate of drug-likeness (QED) is 0.598. The summed E-state index contributed by atoms with van der Waals surface area (Å²) >= 11 is 0. The van der Waals surface area contributed by atoms with E-state index in [9.17, 15) is 4.79 Å². The molecule has 0 saturated carbocycles. The normalized spacial score (nSPS) is 12.1. The predicted octanol–water partition coefficient (Wildman–Crippen LogP) is 0.711. The number of carbonyl (C=O) groups is 1. The first-order chi connectivity index (χ1) is 5.34. The first-order valence-electron chi connectivity index (χ1n) is 3.19. The molecular weight excluding hydrogens is 144 g/mol. The molecular formula is C7H8N2O2. The topological polar surface area (TPSA) is 52.1 Å². The molecule has 1 rings (SSSR count). The molecule has 11 heavy (non-hydrogen) atoms. The lowest BCUT2D eigenvalue weighted by Gasteiger charge is -2.06. The van der Waals surface area contributed by atoms with Crippen molar-refractivity contribution in [2.24, 2.45) is 0 Å². The molecule has 0 radical (unpaired) electrons. The van der Waals surface area contributed by atoms with E-state index >= 15 is 0 Å². The third-order valence-corrected chi connectivity index (χ3v) is 1.26. The van der Waals surface area contributed by atoms with Gasteiger partial charge in [-0.05, 0) is 6.92 Å². The molecule has 0 N–H and O–H groups in total. The van der Waals surface area contributed by atoms with E-state index < -0.39 is 0 Å². The van der Waals surface area contributed by atoms with Crippen LogP contribution in [0.2, 0.25) is 0 Å². The van der Waals surface area contributed by atoms with E-state index in [0.29, 0.717) is 12.2 Å². The Hall–Kier alpha value is -1.45. The lowest BCUT2D eigenvalue weighted by Crippen LogP contribution is -2.00. The largest absolute Gasteiger partial charge is 0.458 e. The van der Waals surface area contributed by atoms with Gasteiger partial charge in [0.15, 0.2) is 0 Å². The Bertz CT molecular complexity index is 225. The minimum atomic E-state index is -0.318. The minimum Gasteiger partial charge on any atom is -0.458 e. The van der Waals surface area contributed by atoms with E-state index in [1.54, 1.807) is 25.5 Å². The fraction of sp³-hybridized carbons (Fsp3) is 0.286. The third-order valence-electron chi connectivity index (χ3n) is 1.26. The van der Waals surface area contributed by atoms with Crippen LogP contribution in [0, 0.1) is 0 Å². The summed E-state index contributed by atoms with van der Waals surface area (Å²) in [7, 11) is 0. The Morgan fingerprint density at radius 3 is 3.00 bits per heavy atom. The maximum Gasteiger partial charge on any atom is 0.293 e. The number of aromatic nitrogens is 2. The van der Waals surface area contributed by atoms with Gasteiger partial charge in [0, 0.05) is 12.4 Å². The number of hydrogen-bond donors (Lipinski definition) is 0. The van der Waals surface area contributed by atoms with Crippen molar-refractivity contribution in [3.05, 3.63) is 24.3 Å². The highest BCUT2D eigenvalue weighted by Gasteiger charge is 2.05. The van der Waals surface area contributed by atoms with Crippen molar-refractivity contribution in [2.45, 2.75) is 13.0 Å². The third kappa shape index (κ3) is 2.00. The highest BCUT2D eigenvalue weighted by Crippen LogP contribution is 2.09. The number of rotatable bonds is 3. The molecule has 1 aromatic heterocycles. The Morgan fingerprint density at radius 2 is 2.45 bits per heavy atom. The van der Waals surface area contributed by atoms with E-state index in [1.165, 1.54) is 0 Å². The van der Waals surface area contributed by atoms with Crippen LogP contribution >= 0.6 is 0 Å². The van der Waals surface area contributed by atoms with Gasteiger partial charge in [-0.25, -0.2) is 0 Å². The van der Waals surface area contributed by atoms with Gasteiger partial charge in [-0.1, -0.05) is 0 Å². The summed E-state index contributed by atoms with van der Waals surface area (Å²) in [6, 6.07) is 0. The molecule has 0 aromatic carbocycles. The Labute approximate surface area is 64.2 Å². The van der Waals surface area contributed by atoms with Crippen molar-refractivity contribution in [1.82, 2.24) is 9.97 Å². The molecule has 0 aliphatic carbocycles. The summed E-state index contributed by atoms with van der Waals surface area (Å²) in [4.78, 5) is 17.7. The molecule has 4 heteroatoms. The van der Waals surface area contributed by atoms with E-state index in [-0.39, 0.29) is 6.10 Å². The molecule has 0 bridgehead atoms. The van der Waals surface area contributed by atoms with Crippen LogP contribution in [0.25, 0.3) is 0 Å². The van der Waals surface area contributed by atoms with Crippen LogP contribution < -0.4 is 0 Å². The van der Waals surface area contributed by atoms with Gasteiger partial charge in [-0.3, -0.25) is 14.8 Å². The fourth-order valence-corrected chi connectivity index (χ4v) is 0.674. The molecule has 4 nitrogen and oxygen atoms in total. The van der Waals surface area contributed by atoms with Crippen LogP contribution in [0.15, 0.2) is 18.6 Å². The van der Waals surface area contributed by atoms with Crippen LogP contribution in [-0.4, -0.2) is 16.4 Å². The van der Waals surface area contributed by atoms with Gasteiger partial charge < -0.3 is 4.74 Å². The van der Waals surface area contributed by atoms with Crippen LogP contribution in [0.1, 0.15) is 18.7 Å². The molecule has 1 heterocycles. The van der Waals surface area contributed by atoms with Gasteiger partial charge in [0.05, 0.1) is 11.9 Å². The maximum atomic E-state index is 9.92. The molecule has 0 fully saturated rings. The zero-order valence-corrected chi connectivity index (χ0v) is 6.10. The lowest BCUT2D eigenvalue weighted by atomic mass is 10.3. The molecule has 0 aliphatic heterocycles. The van der Waals surface area contributed by atoms with Crippen molar-refractivity contribution < 1.29 is 9.53 Å². The van der Waals surface area contributed by atoms with Crippen molar-refractivity contribution >= 4 is 6.47 Å². The maximum absolute atomic E-state index is 9.92. The SMILES string of the molecule is CC(OC=O)c1cnccn1. The molecule has 0 spiro atoms. The van der Waals surface area contributed by atoms with Gasteiger partial charge in [-0.2, -0.15) is 0 Å². The van der Waals surface area contributed by atoms with Gasteiger partial charge in [0.1, 0.15) is 6.10 Å². The molecule has 1 aromatic rings. The smallest absolute Gasteiger partial charge is 0.293 e. The first kappa shape index (κ1) is 7.65. The molecule has 58 valence electrons. The van der Waals surface area contributed by atoms with Crippen LogP contribution in [0.4, 0.5) is 0 Å². The molecule has 1 unspecified atom stereocenters. The van der Waals surface area contributed by atoms with Crippen molar-refractivity contribution in [2.75, 3.05) is 0 Å². The molecule has 0 amide bonds. The molecule has 0 saturated heterocycles. The van der Waals surface area contributed by atoms with Crippen LogP contribution in [0.3, 0.4) is 0 Å². The van der Waals surface area contributed by atoms with Gasteiger partial charge in [-0.15, -0.1) is 0 Å². The van der Waals surface area contributed by atoms with Gasteiger partial charge in [0.25, 0.3) is 6.47 Å². The standard InChI is InChI=1S/C7H8N2O2/c1-6(11-5-10)7-4-8-2-3-9-7/h2-6H,1H3. The second-order valence-electron chi connectivity index (χ2n) is 2.00. The highest BCUT2D eigenvalue weighted by atomic mass is 16.5. The molecule has 1 atom stereocenters. The monoisotopic (exact) mass is 152 g/mol. The number of nitrogens with zero attached hydrogens (tertiary/aromatic N) is 2.